The third-order valence-corrected chi connectivity index (χ3v) is 5.59. The number of fused-ring (bicyclic) bond motifs is 6. The van der Waals surface area contributed by atoms with Crippen LogP contribution >= 0.6 is 0 Å². The Bertz CT molecular complexity index is 1410. The number of aromatic nitrogens is 2. The predicted molar refractivity (Wildman–Crippen MR) is 132 cm³/mol. The molecule has 0 spiro atoms. The zero-order valence-electron chi connectivity index (χ0n) is 16.7. The molecule has 0 fully saturated rings. The van der Waals surface area contributed by atoms with Gasteiger partial charge in [-0.1, -0.05) is 98.1 Å². The number of rotatable bonds is 2. The molecule has 2 nitrogen and oxygen atoms in total. The summed E-state index contributed by atoms with van der Waals surface area (Å²) in [5, 5.41) is 5.08. The van der Waals surface area contributed by atoms with E-state index in [1.165, 1.54) is 43.6 Å². The van der Waals surface area contributed by atoms with Crippen molar-refractivity contribution in [1.29, 1.82) is 0 Å². The number of benzene rings is 4. The van der Waals surface area contributed by atoms with E-state index < -0.39 is 0 Å². The average molecular weight is 386 g/mol. The Labute approximate surface area is 175 Å². The Morgan fingerprint density at radius 3 is 1.30 bits per heavy atom. The Kier molecular flexibility index (Phi) is 4.45. The molecule has 0 saturated carbocycles. The molecule has 2 heteroatoms. The smallest absolute Gasteiger partial charge is 0.0538 e. The molecule has 0 aliphatic carbocycles. The monoisotopic (exact) mass is 386 g/mol. The van der Waals surface area contributed by atoms with Crippen LogP contribution in [-0.4, -0.2) is 9.97 Å². The predicted octanol–water partition coefficient (Wildman–Crippen LogP) is 7.93. The maximum Gasteiger partial charge on any atom is 0.0538 e. The molecule has 144 valence electrons. The van der Waals surface area contributed by atoms with Gasteiger partial charge in [-0.25, -0.2) is 0 Å². The molecule has 0 radical (unpaired) electrons. The molecule has 0 unspecified atom stereocenters. The van der Waals surface area contributed by atoms with Gasteiger partial charge in [0.1, 0.15) is 0 Å². The first-order valence-electron chi connectivity index (χ1n) is 10.0. The minimum atomic E-state index is 1.16. The minimum Gasteiger partial charge on any atom is -0.354 e. The van der Waals surface area contributed by atoms with Crippen molar-refractivity contribution in [1.82, 2.24) is 9.97 Å². The first-order chi connectivity index (χ1) is 14.8. The van der Waals surface area contributed by atoms with Crippen LogP contribution in [0.2, 0.25) is 0 Å². The van der Waals surface area contributed by atoms with E-state index in [1.807, 2.05) is 24.3 Å². The first kappa shape index (κ1) is 18.0. The molecular formula is C28H22N2. The first-order valence-corrected chi connectivity index (χ1v) is 10.0. The molecule has 2 heterocycles. The Balaban J connectivity index is 0.000000128. The van der Waals surface area contributed by atoms with Crippen LogP contribution in [0.15, 0.2) is 98.1 Å². The number of aromatic amines is 2. The molecule has 2 N–H and O–H groups in total. The molecule has 0 aliphatic heterocycles. The summed E-state index contributed by atoms with van der Waals surface area (Å²) in [6.45, 7) is 7.66. The minimum absolute atomic E-state index is 1.16. The lowest BCUT2D eigenvalue weighted by atomic mass is 10.1. The largest absolute Gasteiger partial charge is 0.354 e. The van der Waals surface area contributed by atoms with Gasteiger partial charge in [-0.3, -0.25) is 0 Å². The quantitative estimate of drug-likeness (QED) is 0.303. The topological polar surface area (TPSA) is 31.6 Å². The second-order valence-corrected chi connectivity index (χ2v) is 7.29. The lowest BCUT2D eigenvalue weighted by Gasteiger charge is -1.94. The Morgan fingerprint density at radius 2 is 0.867 bits per heavy atom. The second kappa shape index (κ2) is 7.41. The van der Waals surface area contributed by atoms with Crippen LogP contribution in [-0.2, 0) is 0 Å². The SMILES string of the molecule is C=Cc1cccc2c1[nH]c1ccccc12.C=Cc1cccc2c1[nH]c1ccccc12. The van der Waals surface area contributed by atoms with Gasteiger partial charge in [0.15, 0.2) is 0 Å². The van der Waals surface area contributed by atoms with E-state index in [9.17, 15) is 0 Å². The summed E-state index contributed by atoms with van der Waals surface area (Å²) in [5.74, 6) is 0. The van der Waals surface area contributed by atoms with Crippen LogP contribution in [0.4, 0.5) is 0 Å². The summed E-state index contributed by atoms with van der Waals surface area (Å²) in [7, 11) is 0. The van der Waals surface area contributed by atoms with Crippen molar-refractivity contribution in [2.45, 2.75) is 0 Å². The number of H-pyrrole nitrogens is 2. The summed E-state index contributed by atoms with van der Waals surface area (Å²) in [6.07, 6.45) is 3.77. The van der Waals surface area contributed by atoms with Gasteiger partial charge in [0.2, 0.25) is 0 Å². The standard InChI is InChI=1S/2C14H11N/c2*1-2-10-6-5-8-12-11-7-3-4-9-13(11)15-14(10)12/h2*2-9,15H,1H2. The van der Waals surface area contributed by atoms with E-state index >= 15 is 0 Å². The zero-order chi connectivity index (χ0) is 20.5. The van der Waals surface area contributed by atoms with Gasteiger partial charge in [-0.2, -0.15) is 0 Å². The van der Waals surface area contributed by atoms with E-state index in [0.29, 0.717) is 0 Å². The van der Waals surface area contributed by atoms with Crippen LogP contribution in [0.1, 0.15) is 11.1 Å². The summed E-state index contributed by atoms with van der Waals surface area (Å²) < 4.78 is 0. The van der Waals surface area contributed by atoms with Gasteiger partial charge in [-0.15, -0.1) is 0 Å². The van der Waals surface area contributed by atoms with Crippen molar-refractivity contribution >= 4 is 55.8 Å². The fourth-order valence-electron chi connectivity index (χ4n) is 4.13. The van der Waals surface area contributed by atoms with Gasteiger partial charge >= 0.3 is 0 Å². The maximum atomic E-state index is 3.83. The third-order valence-electron chi connectivity index (χ3n) is 5.59. The summed E-state index contributed by atoms with van der Waals surface area (Å²) in [4.78, 5) is 6.85. The van der Waals surface area contributed by atoms with E-state index in [4.69, 9.17) is 0 Å². The number of hydrogen-bond donors (Lipinski definition) is 2. The molecule has 0 aliphatic rings. The second-order valence-electron chi connectivity index (χ2n) is 7.29. The lowest BCUT2D eigenvalue weighted by molar-refractivity contribution is 1.53. The molecule has 4 aromatic carbocycles. The molecule has 30 heavy (non-hydrogen) atoms. The van der Waals surface area contributed by atoms with Crippen molar-refractivity contribution in [2.75, 3.05) is 0 Å². The maximum absolute atomic E-state index is 3.83. The zero-order valence-corrected chi connectivity index (χ0v) is 16.7. The highest BCUT2D eigenvalue weighted by Crippen LogP contribution is 2.28. The third kappa shape index (κ3) is 2.90. The van der Waals surface area contributed by atoms with Crippen LogP contribution < -0.4 is 0 Å². The van der Waals surface area contributed by atoms with Crippen LogP contribution in [0, 0.1) is 0 Å². The van der Waals surface area contributed by atoms with Crippen LogP contribution in [0.3, 0.4) is 0 Å². The summed E-state index contributed by atoms with van der Waals surface area (Å²) >= 11 is 0. The van der Waals surface area contributed by atoms with E-state index in [2.05, 4.69) is 95.9 Å². The molecular weight excluding hydrogens is 364 g/mol. The van der Waals surface area contributed by atoms with Crippen molar-refractivity contribution in [3.05, 3.63) is 109 Å². The van der Waals surface area contributed by atoms with Crippen molar-refractivity contribution in [3.63, 3.8) is 0 Å². The van der Waals surface area contributed by atoms with Gasteiger partial charge in [0.05, 0.1) is 11.0 Å². The lowest BCUT2D eigenvalue weighted by Crippen LogP contribution is -1.73. The normalized spacial score (nSPS) is 10.9. The molecule has 0 amide bonds. The van der Waals surface area contributed by atoms with Crippen LogP contribution in [0.25, 0.3) is 55.8 Å². The number of para-hydroxylation sites is 4. The van der Waals surface area contributed by atoms with E-state index in [-0.39, 0.29) is 0 Å². The highest BCUT2D eigenvalue weighted by molar-refractivity contribution is 6.10. The van der Waals surface area contributed by atoms with Gasteiger partial charge in [0.25, 0.3) is 0 Å². The highest BCUT2D eigenvalue weighted by atomic mass is 14.7. The van der Waals surface area contributed by atoms with E-state index in [0.717, 1.165) is 11.1 Å². The van der Waals surface area contributed by atoms with Gasteiger partial charge < -0.3 is 9.97 Å². The van der Waals surface area contributed by atoms with Crippen molar-refractivity contribution in [2.24, 2.45) is 0 Å². The molecule has 0 saturated heterocycles. The van der Waals surface area contributed by atoms with Gasteiger partial charge in [0, 0.05) is 32.6 Å². The van der Waals surface area contributed by atoms with Crippen molar-refractivity contribution in [3.8, 4) is 0 Å². The fraction of sp³-hybridized carbons (Fsp3) is 0. The molecule has 0 atom stereocenters. The number of nitrogens with one attached hydrogen (secondary N) is 2. The van der Waals surface area contributed by atoms with E-state index in [1.54, 1.807) is 0 Å². The highest BCUT2D eigenvalue weighted by Gasteiger charge is 2.05. The molecule has 6 aromatic rings. The molecule has 0 bridgehead atoms. The fourth-order valence-corrected chi connectivity index (χ4v) is 4.13. The summed E-state index contributed by atoms with van der Waals surface area (Å²) in [5.41, 5.74) is 7.03. The summed E-state index contributed by atoms with van der Waals surface area (Å²) in [6, 6.07) is 29.3. The molecule has 6 rings (SSSR count). The van der Waals surface area contributed by atoms with Crippen LogP contribution in [0.5, 0.6) is 0 Å². The Morgan fingerprint density at radius 1 is 0.467 bits per heavy atom. The molecule has 2 aromatic heterocycles. The average Bonchev–Trinajstić information content (AvgIpc) is 3.38. The number of hydrogen-bond acceptors (Lipinski definition) is 0. The van der Waals surface area contributed by atoms with Crippen molar-refractivity contribution < 1.29 is 0 Å². The van der Waals surface area contributed by atoms with Gasteiger partial charge in [-0.05, 0) is 23.3 Å². The Hall–Kier alpha value is -4.04.